The summed E-state index contributed by atoms with van der Waals surface area (Å²) >= 11 is 0. The van der Waals surface area contributed by atoms with Crippen molar-refractivity contribution < 1.29 is 41.7 Å². The Morgan fingerprint density at radius 1 is 0.905 bits per heavy atom. The molecule has 0 aliphatic carbocycles. The number of phenols is 2. The van der Waals surface area contributed by atoms with Gasteiger partial charge in [-0.05, 0) is 60.9 Å². The van der Waals surface area contributed by atoms with Gasteiger partial charge in [-0.2, -0.15) is 31.5 Å². The number of nitrogens with one attached hydrogen (secondary N) is 2. The van der Waals surface area contributed by atoms with Crippen molar-refractivity contribution in [2.24, 2.45) is 15.9 Å². The zero-order valence-corrected chi connectivity index (χ0v) is 22.1. The van der Waals surface area contributed by atoms with Gasteiger partial charge in [0.15, 0.2) is 5.60 Å². The van der Waals surface area contributed by atoms with Crippen LogP contribution in [0.15, 0.2) is 64.7 Å². The highest BCUT2D eigenvalue weighted by molar-refractivity contribution is 5.98. The number of aliphatic hydroxyl groups is 1. The third-order valence-electron chi connectivity index (χ3n) is 6.45. The minimum absolute atomic E-state index is 0.0394. The van der Waals surface area contributed by atoms with E-state index in [1.807, 2.05) is 0 Å². The normalized spacial score (nSPS) is 14.4. The van der Waals surface area contributed by atoms with Crippen molar-refractivity contribution in [2.45, 2.75) is 37.8 Å². The summed E-state index contributed by atoms with van der Waals surface area (Å²) in [5, 5.41) is 44.9. The molecule has 0 aliphatic heterocycles. The fourth-order valence-electron chi connectivity index (χ4n) is 4.28. The van der Waals surface area contributed by atoms with Gasteiger partial charge >= 0.3 is 12.4 Å². The molecule has 42 heavy (non-hydrogen) atoms. The molecular weight excluding hydrogens is 570 g/mol. The lowest BCUT2D eigenvalue weighted by molar-refractivity contribution is -0.143. The summed E-state index contributed by atoms with van der Waals surface area (Å²) in [5.41, 5.74) is -0.410. The van der Waals surface area contributed by atoms with Gasteiger partial charge in [0, 0.05) is 6.21 Å². The zero-order chi connectivity index (χ0) is 31.6. The van der Waals surface area contributed by atoms with Crippen LogP contribution in [0.25, 0.3) is 0 Å². The lowest BCUT2D eigenvalue weighted by atomic mass is 9.80. The van der Waals surface area contributed by atoms with Crippen molar-refractivity contribution in [3.8, 4) is 11.5 Å². The average Bonchev–Trinajstić information content (AvgIpc) is 2.88. The lowest BCUT2D eigenvalue weighted by Gasteiger charge is -2.35. The number of hydrogen-bond acceptors (Lipinski definition) is 9. The molecule has 0 bridgehead atoms. The average molecular weight is 597 g/mol. The Balaban J connectivity index is 2.26. The number of phenolic OH excluding ortho intramolecular Hbond substituents is 2. The number of aliphatic imine (C=N–C) groups is 1. The van der Waals surface area contributed by atoms with Crippen LogP contribution < -0.4 is 10.9 Å². The maximum absolute atomic E-state index is 13.7. The lowest BCUT2D eigenvalue weighted by Crippen LogP contribution is -2.52. The van der Waals surface area contributed by atoms with Crippen LogP contribution in [0.5, 0.6) is 11.5 Å². The number of halogens is 6. The first-order valence-corrected chi connectivity index (χ1v) is 12.0. The number of rotatable bonds is 9. The number of para-hydroxylation sites is 2. The molecule has 0 fully saturated rings. The number of alkyl halides is 6. The second-order valence-electron chi connectivity index (χ2n) is 9.40. The molecule has 0 radical (unpaired) electrons. The highest BCUT2D eigenvalue weighted by atomic mass is 19.4. The van der Waals surface area contributed by atoms with E-state index in [4.69, 9.17) is 16.8 Å². The van der Waals surface area contributed by atoms with Gasteiger partial charge in [0.25, 0.3) is 0 Å². The molecule has 0 saturated heterocycles. The number of nitrogens with two attached hydrogens (primary N) is 1. The second kappa shape index (κ2) is 11.8. The van der Waals surface area contributed by atoms with Crippen LogP contribution in [0.3, 0.4) is 0 Å². The van der Waals surface area contributed by atoms with Crippen LogP contribution in [0.2, 0.25) is 0 Å². The molecule has 0 aromatic heterocycles. The SMILES string of the molecule is Cc1cccc(O)c1N=CC(N=N)C(O)(C(=N)CN(N)c1c(C)cccc1O)c1cc(C(F)(F)F)cc(C(F)(F)F)c1. The van der Waals surface area contributed by atoms with Crippen LogP contribution in [0, 0.1) is 24.8 Å². The summed E-state index contributed by atoms with van der Waals surface area (Å²) in [5.74, 6) is 5.33. The van der Waals surface area contributed by atoms with Crippen LogP contribution in [-0.2, 0) is 18.0 Å². The van der Waals surface area contributed by atoms with Gasteiger partial charge in [-0.1, -0.05) is 24.3 Å². The highest BCUT2D eigenvalue weighted by Gasteiger charge is 2.46. The Morgan fingerprint density at radius 3 is 1.88 bits per heavy atom. The summed E-state index contributed by atoms with van der Waals surface area (Å²) in [6, 6.07) is 6.76. The first-order valence-electron chi connectivity index (χ1n) is 12.0. The quantitative estimate of drug-likeness (QED) is 0.0574. The minimum Gasteiger partial charge on any atom is -0.506 e. The third-order valence-corrected chi connectivity index (χ3v) is 6.45. The minimum atomic E-state index is -5.29. The number of benzene rings is 3. The van der Waals surface area contributed by atoms with Crippen LogP contribution in [0.4, 0.5) is 37.7 Å². The fourth-order valence-corrected chi connectivity index (χ4v) is 4.28. The molecule has 0 saturated carbocycles. The molecule has 0 amide bonds. The largest absolute Gasteiger partial charge is 0.506 e. The maximum Gasteiger partial charge on any atom is 0.416 e. The number of hydrogen-bond donors (Lipinski definition) is 6. The summed E-state index contributed by atoms with van der Waals surface area (Å²) in [6.07, 6.45) is -9.86. The Labute approximate surface area is 235 Å². The van der Waals surface area contributed by atoms with E-state index in [9.17, 15) is 41.7 Å². The first-order chi connectivity index (χ1) is 19.4. The molecule has 9 nitrogen and oxygen atoms in total. The zero-order valence-electron chi connectivity index (χ0n) is 22.1. The van der Waals surface area contributed by atoms with E-state index >= 15 is 0 Å². The molecule has 0 heterocycles. The second-order valence-corrected chi connectivity index (χ2v) is 9.40. The van der Waals surface area contributed by atoms with Crippen LogP contribution >= 0.6 is 0 Å². The molecule has 3 aromatic carbocycles. The third kappa shape index (κ3) is 6.52. The van der Waals surface area contributed by atoms with Crippen molar-refractivity contribution in [1.82, 2.24) is 0 Å². The van der Waals surface area contributed by atoms with Crippen molar-refractivity contribution in [1.29, 1.82) is 10.9 Å². The van der Waals surface area contributed by atoms with Gasteiger partial charge in [-0.25, -0.2) is 11.4 Å². The van der Waals surface area contributed by atoms with Gasteiger partial charge < -0.3 is 25.7 Å². The molecule has 15 heteroatoms. The molecule has 2 atom stereocenters. The van der Waals surface area contributed by atoms with Crippen molar-refractivity contribution in [2.75, 3.05) is 11.6 Å². The predicted octanol–water partition coefficient (Wildman–Crippen LogP) is 6.14. The smallest absolute Gasteiger partial charge is 0.416 e. The van der Waals surface area contributed by atoms with E-state index in [-0.39, 0.29) is 41.1 Å². The Kier molecular flexibility index (Phi) is 8.98. The van der Waals surface area contributed by atoms with Crippen molar-refractivity contribution in [3.63, 3.8) is 0 Å². The number of anilines is 1. The maximum atomic E-state index is 13.7. The van der Waals surface area contributed by atoms with Gasteiger partial charge in [0.05, 0.1) is 29.1 Å². The van der Waals surface area contributed by atoms with Crippen LogP contribution in [-0.4, -0.2) is 39.8 Å². The molecule has 0 aliphatic rings. The van der Waals surface area contributed by atoms with E-state index in [1.54, 1.807) is 0 Å². The number of aromatic hydroxyl groups is 2. The monoisotopic (exact) mass is 596 g/mol. The van der Waals surface area contributed by atoms with E-state index in [0.717, 1.165) is 11.2 Å². The van der Waals surface area contributed by atoms with Crippen LogP contribution in [0.1, 0.15) is 27.8 Å². The van der Waals surface area contributed by atoms with Gasteiger partial charge in [0.2, 0.25) is 0 Å². The summed E-state index contributed by atoms with van der Waals surface area (Å²) < 4.78 is 82.3. The van der Waals surface area contributed by atoms with Crippen molar-refractivity contribution >= 4 is 23.3 Å². The molecule has 2 unspecified atom stereocenters. The van der Waals surface area contributed by atoms with Gasteiger partial charge in [-0.3, -0.25) is 4.99 Å². The Morgan fingerprint density at radius 2 is 1.40 bits per heavy atom. The summed E-state index contributed by atoms with van der Waals surface area (Å²) in [7, 11) is 0. The van der Waals surface area contributed by atoms with E-state index in [1.165, 1.54) is 50.2 Å². The summed E-state index contributed by atoms with van der Waals surface area (Å²) in [6.45, 7) is 2.23. The number of hydrazine groups is 1. The predicted molar refractivity (Wildman–Crippen MR) is 142 cm³/mol. The number of aryl methyl sites for hydroxylation is 2. The van der Waals surface area contributed by atoms with Gasteiger partial charge in [-0.15, -0.1) is 0 Å². The van der Waals surface area contributed by atoms with E-state index in [0.29, 0.717) is 11.1 Å². The first kappa shape index (κ1) is 32.0. The standard InChI is InChI=1S/C27H26F6N6O3/c1-14-5-3-7-19(40)23(14)37-12-22(38-35)25(42,21(34)13-39(36)24-15(2)6-4-8-20(24)41)16-9-17(26(28,29)30)11-18(10-16)27(31,32)33/h3-12,22,34-35,40-42H,13,36H2,1-2H3. The van der Waals surface area contributed by atoms with E-state index in [2.05, 4.69) is 10.1 Å². The van der Waals surface area contributed by atoms with E-state index < -0.39 is 52.9 Å². The van der Waals surface area contributed by atoms with Crippen molar-refractivity contribution in [3.05, 3.63) is 82.4 Å². The van der Waals surface area contributed by atoms with Gasteiger partial charge in [0.1, 0.15) is 23.2 Å². The number of nitrogens with zero attached hydrogens (tertiary/aromatic N) is 3. The summed E-state index contributed by atoms with van der Waals surface area (Å²) in [4.78, 5) is 3.98. The molecule has 0 spiro atoms. The highest BCUT2D eigenvalue weighted by Crippen LogP contribution is 2.41. The Bertz CT molecular complexity index is 1450. The molecule has 7 N–H and O–H groups in total. The Hall–Kier alpha value is -4.50. The molecule has 3 rings (SSSR count). The molecule has 3 aromatic rings. The topological polar surface area (TPSA) is 162 Å². The fraction of sp³-hybridized carbons (Fsp3) is 0.259. The molecule has 224 valence electrons. The molecular formula is C27H26F6N6O3.